The topological polar surface area (TPSA) is 70.7 Å². The van der Waals surface area contributed by atoms with Gasteiger partial charge in [-0.3, -0.25) is 14.5 Å². The van der Waals surface area contributed by atoms with Gasteiger partial charge >= 0.3 is 11.8 Å². The Bertz CT molecular complexity index is 771. The van der Waals surface area contributed by atoms with Crippen molar-refractivity contribution >= 4 is 17.5 Å². The molecule has 0 bridgehead atoms. The molecule has 3 rings (SSSR count). The van der Waals surface area contributed by atoms with E-state index in [0.29, 0.717) is 11.4 Å². The van der Waals surface area contributed by atoms with Gasteiger partial charge in [-0.15, -0.1) is 0 Å². The van der Waals surface area contributed by atoms with Crippen molar-refractivity contribution in [1.82, 2.24) is 10.2 Å². The van der Waals surface area contributed by atoms with Gasteiger partial charge in [0.05, 0.1) is 12.8 Å². The average molecular weight is 367 g/mol. The van der Waals surface area contributed by atoms with Crippen LogP contribution in [0.1, 0.15) is 18.4 Å². The van der Waals surface area contributed by atoms with Crippen molar-refractivity contribution in [1.29, 1.82) is 0 Å². The van der Waals surface area contributed by atoms with Crippen molar-refractivity contribution in [2.24, 2.45) is 0 Å². The molecule has 0 radical (unpaired) electrons. The molecule has 0 aromatic heterocycles. The third kappa shape index (κ3) is 5.31. The number of nitrogens with one attached hydrogen (secondary N) is 2. The second-order valence-electron chi connectivity index (χ2n) is 6.66. The molecule has 6 heteroatoms. The van der Waals surface area contributed by atoms with E-state index in [1.54, 1.807) is 24.3 Å². The van der Waals surface area contributed by atoms with Gasteiger partial charge in [-0.1, -0.05) is 42.5 Å². The maximum Gasteiger partial charge on any atom is 0.313 e. The van der Waals surface area contributed by atoms with E-state index in [1.807, 2.05) is 18.2 Å². The third-order valence-corrected chi connectivity index (χ3v) is 4.73. The van der Waals surface area contributed by atoms with Crippen LogP contribution in [0.25, 0.3) is 0 Å². The monoisotopic (exact) mass is 367 g/mol. The number of nitrogens with zero attached hydrogens (tertiary/aromatic N) is 1. The molecule has 1 aliphatic rings. The summed E-state index contributed by atoms with van der Waals surface area (Å²) in [6, 6.07) is 17.4. The van der Waals surface area contributed by atoms with E-state index in [4.69, 9.17) is 4.74 Å². The first kappa shape index (κ1) is 18.9. The average Bonchev–Trinajstić information content (AvgIpc) is 2.70. The number of methoxy groups -OCH3 is 1. The first-order chi connectivity index (χ1) is 13.2. The summed E-state index contributed by atoms with van der Waals surface area (Å²) in [6.45, 7) is 2.71. The molecule has 1 fully saturated rings. The number of rotatable bonds is 5. The van der Waals surface area contributed by atoms with Crippen LogP contribution in [-0.4, -0.2) is 43.0 Å². The van der Waals surface area contributed by atoms with Crippen molar-refractivity contribution in [2.45, 2.75) is 25.4 Å². The van der Waals surface area contributed by atoms with E-state index in [0.717, 1.165) is 32.5 Å². The zero-order valence-electron chi connectivity index (χ0n) is 15.5. The molecule has 1 aliphatic heterocycles. The fourth-order valence-corrected chi connectivity index (χ4v) is 3.25. The lowest BCUT2D eigenvalue weighted by Crippen LogP contribution is -2.47. The quantitative estimate of drug-likeness (QED) is 0.797. The Morgan fingerprint density at radius 3 is 2.37 bits per heavy atom. The normalized spacial score (nSPS) is 15.1. The van der Waals surface area contributed by atoms with Gasteiger partial charge < -0.3 is 15.4 Å². The number of hydrogen-bond donors (Lipinski definition) is 2. The number of para-hydroxylation sites is 2. The second-order valence-corrected chi connectivity index (χ2v) is 6.66. The van der Waals surface area contributed by atoms with Crippen molar-refractivity contribution in [3.63, 3.8) is 0 Å². The molecule has 6 nitrogen and oxygen atoms in total. The molecule has 2 amide bonds. The van der Waals surface area contributed by atoms with Crippen molar-refractivity contribution in [3.05, 3.63) is 60.2 Å². The Morgan fingerprint density at radius 2 is 1.67 bits per heavy atom. The molecule has 0 aliphatic carbocycles. The van der Waals surface area contributed by atoms with E-state index in [2.05, 4.69) is 27.7 Å². The number of amides is 2. The van der Waals surface area contributed by atoms with Crippen molar-refractivity contribution < 1.29 is 14.3 Å². The Morgan fingerprint density at radius 1 is 1.00 bits per heavy atom. The molecule has 0 saturated carbocycles. The Balaban J connectivity index is 1.45. The molecule has 0 atom stereocenters. The van der Waals surface area contributed by atoms with Gasteiger partial charge in [0.1, 0.15) is 5.75 Å². The molecular formula is C21H25N3O3. The zero-order valence-corrected chi connectivity index (χ0v) is 15.5. The number of hydrogen-bond acceptors (Lipinski definition) is 4. The summed E-state index contributed by atoms with van der Waals surface area (Å²) in [5.74, 6) is -0.762. The van der Waals surface area contributed by atoms with Gasteiger partial charge in [-0.2, -0.15) is 0 Å². The summed E-state index contributed by atoms with van der Waals surface area (Å²) in [5, 5.41) is 5.45. The fraction of sp³-hybridized carbons (Fsp3) is 0.333. The highest BCUT2D eigenvalue weighted by Gasteiger charge is 2.24. The second kappa shape index (κ2) is 9.19. The van der Waals surface area contributed by atoms with Crippen molar-refractivity contribution in [2.75, 3.05) is 25.5 Å². The highest BCUT2D eigenvalue weighted by atomic mass is 16.5. The van der Waals surface area contributed by atoms with Crippen LogP contribution in [0.5, 0.6) is 5.75 Å². The third-order valence-electron chi connectivity index (χ3n) is 4.73. The number of ether oxygens (including phenoxy) is 1. The number of carbonyl (C=O) groups is 2. The zero-order chi connectivity index (χ0) is 19.1. The van der Waals surface area contributed by atoms with Crippen LogP contribution in [0.15, 0.2) is 54.6 Å². The molecule has 27 heavy (non-hydrogen) atoms. The SMILES string of the molecule is COc1ccccc1NC(=O)C(=O)NC1CCN(Cc2ccccc2)CC1. The maximum atomic E-state index is 12.2. The number of likely N-dealkylation sites (tertiary alicyclic amines) is 1. The predicted molar refractivity (Wildman–Crippen MR) is 105 cm³/mol. The molecule has 2 aromatic rings. The lowest BCUT2D eigenvalue weighted by Gasteiger charge is -2.32. The van der Waals surface area contributed by atoms with E-state index < -0.39 is 11.8 Å². The van der Waals surface area contributed by atoms with E-state index >= 15 is 0 Å². The molecule has 1 saturated heterocycles. The maximum absolute atomic E-state index is 12.2. The molecule has 1 heterocycles. The van der Waals surface area contributed by atoms with Gasteiger partial charge in [0.25, 0.3) is 0 Å². The van der Waals surface area contributed by atoms with Gasteiger partial charge in [-0.05, 0) is 30.5 Å². The summed E-state index contributed by atoms with van der Waals surface area (Å²) in [5.41, 5.74) is 1.77. The largest absolute Gasteiger partial charge is 0.495 e. The number of anilines is 1. The van der Waals surface area contributed by atoms with Gasteiger partial charge in [-0.25, -0.2) is 0 Å². The lowest BCUT2D eigenvalue weighted by molar-refractivity contribution is -0.136. The summed E-state index contributed by atoms with van der Waals surface area (Å²) < 4.78 is 5.18. The van der Waals surface area contributed by atoms with Crippen molar-refractivity contribution in [3.8, 4) is 5.75 Å². The molecule has 2 aromatic carbocycles. The first-order valence-corrected chi connectivity index (χ1v) is 9.17. The van der Waals surface area contributed by atoms with Crippen LogP contribution in [0.2, 0.25) is 0 Å². The fourth-order valence-electron chi connectivity index (χ4n) is 3.25. The Kier molecular flexibility index (Phi) is 6.44. The van der Waals surface area contributed by atoms with Gasteiger partial charge in [0.15, 0.2) is 0 Å². The van der Waals surface area contributed by atoms with Crippen LogP contribution in [0.4, 0.5) is 5.69 Å². The summed E-state index contributed by atoms with van der Waals surface area (Å²) in [6.07, 6.45) is 1.67. The molecule has 0 spiro atoms. The summed E-state index contributed by atoms with van der Waals surface area (Å²) in [4.78, 5) is 26.7. The minimum absolute atomic E-state index is 0.0212. The predicted octanol–water partition coefficient (Wildman–Crippen LogP) is 2.41. The van der Waals surface area contributed by atoms with Gasteiger partial charge in [0.2, 0.25) is 0 Å². The molecule has 0 unspecified atom stereocenters. The number of benzene rings is 2. The van der Waals surface area contributed by atoms with E-state index in [-0.39, 0.29) is 6.04 Å². The number of carbonyl (C=O) groups excluding carboxylic acids is 2. The minimum atomic E-state index is -0.675. The summed E-state index contributed by atoms with van der Waals surface area (Å²) in [7, 11) is 1.52. The number of piperidine rings is 1. The van der Waals surface area contributed by atoms with Crippen LogP contribution in [-0.2, 0) is 16.1 Å². The molecule has 142 valence electrons. The minimum Gasteiger partial charge on any atom is -0.495 e. The summed E-state index contributed by atoms with van der Waals surface area (Å²) >= 11 is 0. The Labute approximate surface area is 159 Å². The van der Waals surface area contributed by atoms with Crippen LogP contribution in [0, 0.1) is 0 Å². The van der Waals surface area contributed by atoms with Crippen LogP contribution >= 0.6 is 0 Å². The van der Waals surface area contributed by atoms with Gasteiger partial charge in [0, 0.05) is 25.7 Å². The Hall–Kier alpha value is -2.86. The van der Waals surface area contributed by atoms with E-state index in [9.17, 15) is 9.59 Å². The first-order valence-electron chi connectivity index (χ1n) is 9.17. The molecule has 2 N–H and O–H groups in total. The van der Waals surface area contributed by atoms with E-state index in [1.165, 1.54) is 12.7 Å². The highest BCUT2D eigenvalue weighted by Crippen LogP contribution is 2.22. The van der Waals surface area contributed by atoms with Crippen LogP contribution < -0.4 is 15.4 Å². The highest BCUT2D eigenvalue weighted by molar-refractivity contribution is 6.39. The van der Waals surface area contributed by atoms with Crippen LogP contribution in [0.3, 0.4) is 0 Å². The standard InChI is InChI=1S/C21H25N3O3/c1-27-19-10-6-5-9-18(19)23-21(26)20(25)22-17-11-13-24(14-12-17)15-16-7-3-2-4-8-16/h2-10,17H,11-15H2,1H3,(H,22,25)(H,23,26). The molecular weight excluding hydrogens is 342 g/mol. The smallest absolute Gasteiger partial charge is 0.313 e. The lowest BCUT2D eigenvalue weighted by atomic mass is 10.0.